The average molecular weight is 196 g/mol. The summed E-state index contributed by atoms with van der Waals surface area (Å²) in [6.45, 7) is 3.63. The number of fused-ring (bicyclic) bond motifs is 1. The van der Waals surface area contributed by atoms with E-state index in [4.69, 9.17) is 9.47 Å². The Labute approximate surface area is 84.1 Å². The van der Waals surface area contributed by atoms with E-state index >= 15 is 0 Å². The van der Waals surface area contributed by atoms with Crippen LogP contribution in [0.4, 0.5) is 0 Å². The maximum Gasteiger partial charge on any atom is 0.152 e. The van der Waals surface area contributed by atoms with Gasteiger partial charge in [0.2, 0.25) is 0 Å². The molecule has 3 unspecified atom stereocenters. The van der Waals surface area contributed by atoms with Crippen LogP contribution < -0.4 is 0 Å². The summed E-state index contributed by atoms with van der Waals surface area (Å²) in [5.74, 6) is 0.0900. The lowest BCUT2D eigenvalue weighted by Crippen LogP contribution is -2.29. The molecule has 2 aliphatic rings. The van der Waals surface area contributed by atoms with E-state index in [1.807, 2.05) is 0 Å². The highest BCUT2D eigenvalue weighted by atomic mass is 16.6. The lowest BCUT2D eigenvalue weighted by atomic mass is 9.83. The summed E-state index contributed by atoms with van der Waals surface area (Å²) in [7, 11) is 1.71. The fourth-order valence-electron chi connectivity index (χ4n) is 2.21. The minimum Gasteiger partial charge on any atom is -0.381 e. The van der Waals surface area contributed by atoms with Crippen LogP contribution >= 0.6 is 0 Å². The normalized spacial score (nSPS) is 43.5. The van der Waals surface area contributed by atoms with Crippen LogP contribution in [0.25, 0.3) is 0 Å². The van der Waals surface area contributed by atoms with Crippen LogP contribution in [0, 0.1) is 0 Å². The van der Waals surface area contributed by atoms with Gasteiger partial charge in [-0.2, -0.15) is 0 Å². The molecule has 0 N–H and O–H groups in total. The third-order valence-electron chi connectivity index (χ3n) is 3.22. The Balaban J connectivity index is 2.18. The summed E-state index contributed by atoms with van der Waals surface area (Å²) in [5, 5.41) is 0. The molecule has 0 amide bonds. The first-order chi connectivity index (χ1) is 6.56. The molecule has 3 atom stereocenters. The van der Waals surface area contributed by atoms with Crippen molar-refractivity contribution in [3.05, 3.63) is 11.6 Å². The van der Waals surface area contributed by atoms with Crippen molar-refractivity contribution in [2.75, 3.05) is 7.11 Å². The van der Waals surface area contributed by atoms with Gasteiger partial charge in [0, 0.05) is 13.5 Å². The van der Waals surface area contributed by atoms with Gasteiger partial charge in [0.25, 0.3) is 0 Å². The number of methoxy groups -OCH3 is 1. The molecule has 3 nitrogen and oxygen atoms in total. The third-order valence-corrected chi connectivity index (χ3v) is 3.22. The van der Waals surface area contributed by atoms with Gasteiger partial charge in [-0.05, 0) is 31.9 Å². The zero-order valence-electron chi connectivity index (χ0n) is 8.87. The van der Waals surface area contributed by atoms with Crippen molar-refractivity contribution in [2.24, 2.45) is 0 Å². The SMILES string of the molecule is COC1C/C(=C\C(C)=O)C2(C)OC2C1. The predicted molar refractivity (Wildman–Crippen MR) is 52.1 cm³/mol. The molecule has 2 fully saturated rings. The van der Waals surface area contributed by atoms with E-state index in [0.717, 1.165) is 18.4 Å². The highest BCUT2D eigenvalue weighted by Crippen LogP contribution is 2.51. The molecule has 78 valence electrons. The van der Waals surface area contributed by atoms with Gasteiger partial charge in [0.15, 0.2) is 5.78 Å². The first-order valence-electron chi connectivity index (χ1n) is 4.98. The first kappa shape index (κ1) is 9.87. The van der Waals surface area contributed by atoms with E-state index in [-0.39, 0.29) is 23.6 Å². The number of hydrogen-bond donors (Lipinski definition) is 0. The van der Waals surface area contributed by atoms with Crippen LogP contribution in [-0.4, -0.2) is 30.7 Å². The molecule has 0 aromatic heterocycles. The van der Waals surface area contributed by atoms with E-state index in [2.05, 4.69) is 6.92 Å². The number of epoxide rings is 1. The Morgan fingerprint density at radius 1 is 1.71 bits per heavy atom. The number of carbonyl (C=O) groups excluding carboxylic acids is 1. The van der Waals surface area contributed by atoms with E-state index in [1.165, 1.54) is 0 Å². The van der Waals surface area contributed by atoms with Crippen molar-refractivity contribution in [2.45, 2.75) is 44.5 Å². The van der Waals surface area contributed by atoms with Crippen LogP contribution in [0.5, 0.6) is 0 Å². The summed E-state index contributed by atoms with van der Waals surface area (Å²) in [4.78, 5) is 11.0. The molecule has 0 aromatic carbocycles. The first-order valence-corrected chi connectivity index (χ1v) is 4.98. The number of rotatable bonds is 2. The molecule has 1 aliphatic carbocycles. The van der Waals surface area contributed by atoms with Crippen molar-refractivity contribution in [3.8, 4) is 0 Å². The second kappa shape index (κ2) is 3.17. The highest BCUT2D eigenvalue weighted by Gasteiger charge is 2.58. The summed E-state index contributed by atoms with van der Waals surface area (Å²) in [6, 6.07) is 0. The van der Waals surface area contributed by atoms with Crippen molar-refractivity contribution in [3.63, 3.8) is 0 Å². The van der Waals surface area contributed by atoms with Crippen LogP contribution in [0.2, 0.25) is 0 Å². The fourth-order valence-corrected chi connectivity index (χ4v) is 2.21. The van der Waals surface area contributed by atoms with E-state index in [0.29, 0.717) is 0 Å². The van der Waals surface area contributed by atoms with Crippen LogP contribution in [-0.2, 0) is 14.3 Å². The summed E-state index contributed by atoms with van der Waals surface area (Å²) >= 11 is 0. The van der Waals surface area contributed by atoms with Crippen LogP contribution in [0.15, 0.2) is 11.6 Å². The summed E-state index contributed by atoms with van der Waals surface area (Å²) < 4.78 is 10.9. The van der Waals surface area contributed by atoms with Gasteiger partial charge in [-0.3, -0.25) is 4.79 Å². The summed E-state index contributed by atoms with van der Waals surface area (Å²) in [6.07, 6.45) is 3.93. The van der Waals surface area contributed by atoms with Gasteiger partial charge in [-0.25, -0.2) is 0 Å². The Morgan fingerprint density at radius 3 is 3.00 bits per heavy atom. The zero-order chi connectivity index (χ0) is 10.3. The minimum absolute atomic E-state index is 0.0900. The topological polar surface area (TPSA) is 38.8 Å². The molecule has 1 saturated carbocycles. The minimum atomic E-state index is -0.166. The van der Waals surface area contributed by atoms with Gasteiger partial charge < -0.3 is 9.47 Å². The lowest BCUT2D eigenvalue weighted by molar-refractivity contribution is -0.112. The van der Waals surface area contributed by atoms with E-state index in [1.54, 1.807) is 20.1 Å². The molecule has 1 heterocycles. The molecular weight excluding hydrogens is 180 g/mol. The Morgan fingerprint density at radius 2 is 2.43 bits per heavy atom. The number of ketones is 1. The monoisotopic (exact) mass is 196 g/mol. The van der Waals surface area contributed by atoms with Crippen molar-refractivity contribution in [1.29, 1.82) is 0 Å². The van der Waals surface area contributed by atoms with Crippen LogP contribution in [0.1, 0.15) is 26.7 Å². The van der Waals surface area contributed by atoms with Gasteiger partial charge in [-0.15, -0.1) is 0 Å². The van der Waals surface area contributed by atoms with E-state index < -0.39 is 0 Å². The fraction of sp³-hybridized carbons (Fsp3) is 0.727. The molecule has 0 radical (unpaired) electrons. The highest BCUT2D eigenvalue weighted by molar-refractivity contribution is 5.88. The Kier molecular flexibility index (Phi) is 2.24. The van der Waals surface area contributed by atoms with Crippen molar-refractivity contribution < 1.29 is 14.3 Å². The third kappa shape index (κ3) is 1.51. The van der Waals surface area contributed by atoms with E-state index in [9.17, 15) is 4.79 Å². The second-order valence-electron chi connectivity index (χ2n) is 4.29. The Bertz CT molecular complexity index is 295. The standard InChI is InChI=1S/C11H16O3/c1-7(12)4-8-5-9(13-3)6-10-11(8,2)14-10/h4,9-10H,5-6H2,1-3H3/b8-4+. The molecule has 0 bridgehead atoms. The molecule has 1 aliphatic heterocycles. The molecule has 2 rings (SSSR count). The zero-order valence-corrected chi connectivity index (χ0v) is 8.87. The van der Waals surface area contributed by atoms with Crippen molar-refractivity contribution >= 4 is 5.78 Å². The molecule has 0 spiro atoms. The van der Waals surface area contributed by atoms with Gasteiger partial charge in [0.05, 0.1) is 12.2 Å². The maximum atomic E-state index is 11.0. The molecule has 14 heavy (non-hydrogen) atoms. The molecule has 3 heteroatoms. The van der Waals surface area contributed by atoms with Gasteiger partial charge in [-0.1, -0.05) is 0 Å². The predicted octanol–water partition coefficient (Wildman–Crippen LogP) is 1.47. The van der Waals surface area contributed by atoms with Gasteiger partial charge >= 0.3 is 0 Å². The van der Waals surface area contributed by atoms with Crippen LogP contribution in [0.3, 0.4) is 0 Å². The quantitative estimate of drug-likeness (QED) is 0.496. The smallest absolute Gasteiger partial charge is 0.152 e. The number of allylic oxidation sites excluding steroid dienone is 1. The average Bonchev–Trinajstić information content (AvgIpc) is 2.76. The molecule has 1 saturated heterocycles. The number of ether oxygens (including phenoxy) is 2. The second-order valence-corrected chi connectivity index (χ2v) is 4.29. The largest absolute Gasteiger partial charge is 0.381 e. The maximum absolute atomic E-state index is 11.0. The number of hydrogen-bond acceptors (Lipinski definition) is 3. The summed E-state index contributed by atoms with van der Waals surface area (Å²) in [5.41, 5.74) is 0.925. The molecule has 0 aromatic rings. The lowest BCUT2D eigenvalue weighted by Gasteiger charge is -2.24. The van der Waals surface area contributed by atoms with Crippen molar-refractivity contribution in [1.82, 2.24) is 0 Å². The molecular formula is C11H16O3. The number of carbonyl (C=O) groups is 1. The van der Waals surface area contributed by atoms with Gasteiger partial charge in [0.1, 0.15) is 5.60 Å². The Hall–Kier alpha value is -0.670.